The molecule has 5 nitrogen and oxygen atoms in total. The number of guanidine groups is 1. The van der Waals surface area contributed by atoms with E-state index < -0.39 is 0 Å². The van der Waals surface area contributed by atoms with Gasteiger partial charge in [0.1, 0.15) is 0 Å². The van der Waals surface area contributed by atoms with Gasteiger partial charge in [0.2, 0.25) is 0 Å². The van der Waals surface area contributed by atoms with Gasteiger partial charge in [0.05, 0.1) is 6.61 Å². The van der Waals surface area contributed by atoms with Gasteiger partial charge in [-0.3, -0.25) is 4.99 Å². The average Bonchev–Trinajstić information content (AvgIpc) is 3.17. The monoisotopic (exact) mass is 500 g/mol. The summed E-state index contributed by atoms with van der Waals surface area (Å²) in [6, 6.07) is 9.03. The van der Waals surface area contributed by atoms with E-state index in [1.54, 1.807) is 0 Å². The lowest BCUT2D eigenvalue weighted by Gasteiger charge is -2.32. The molecule has 6 heteroatoms. The highest BCUT2D eigenvalue weighted by Gasteiger charge is 2.24. The van der Waals surface area contributed by atoms with E-state index in [1.807, 2.05) is 7.05 Å². The number of piperidine rings is 1. The normalized spacial score (nSPS) is 21.0. The van der Waals surface area contributed by atoms with E-state index in [-0.39, 0.29) is 24.0 Å². The number of benzene rings is 1. The van der Waals surface area contributed by atoms with E-state index in [1.165, 1.54) is 43.6 Å². The fourth-order valence-corrected chi connectivity index (χ4v) is 4.05. The molecule has 1 N–H and O–H groups in total. The minimum Gasteiger partial charge on any atom is -0.381 e. The van der Waals surface area contributed by atoms with E-state index in [4.69, 9.17) is 4.74 Å². The molecule has 1 unspecified atom stereocenters. The molecule has 2 fully saturated rings. The molecule has 3 rings (SSSR count). The molecule has 0 aromatic heterocycles. The average molecular weight is 500 g/mol. The maximum Gasteiger partial charge on any atom is 0.193 e. The molecule has 0 bridgehead atoms. The standard InChI is InChI=1S/C22H36N4O.HI/c1-4-27-17-20-11-14-26(16-20)22(23-3)24-15-19-5-7-21(8-6-19)25-12-9-18(2)10-13-25;/h5-8,18,20H,4,9-17H2,1-3H3,(H,23,24);1H. The van der Waals surface area contributed by atoms with Crippen LogP contribution in [0.5, 0.6) is 0 Å². The molecule has 28 heavy (non-hydrogen) atoms. The van der Waals surface area contributed by atoms with Crippen LogP contribution in [-0.2, 0) is 11.3 Å². The largest absolute Gasteiger partial charge is 0.381 e. The number of rotatable bonds is 6. The molecule has 0 aliphatic carbocycles. The quantitative estimate of drug-likeness (QED) is 0.365. The molecule has 158 valence electrons. The third-order valence-electron chi connectivity index (χ3n) is 5.89. The van der Waals surface area contributed by atoms with Crippen LogP contribution < -0.4 is 10.2 Å². The Labute approximate surface area is 187 Å². The fourth-order valence-electron chi connectivity index (χ4n) is 4.05. The first-order valence-electron chi connectivity index (χ1n) is 10.6. The number of nitrogens with zero attached hydrogens (tertiary/aromatic N) is 3. The fraction of sp³-hybridized carbons (Fsp3) is 0.682. The van der Waals surface area contributed by atoms with Crippen LogP contribution in [0.25, 0.3) is 0 Å². The summed E-state index contributed by atoms with van der Waals surface area (Å²) < 4.78 is 5.58. The zero-order chi connectivity index (χ0) is 19.1. The topological polar surface area (TPSA) is 40.1 Å². The number of likely N-dealkylation sites (tertiary alicyclic amines) is 1. The second-order valence-corrected chi connectivity index (χ2v) is 8.00. The zero-order valence-electron chi connectivity index (χ0n) is 17.7. The van der Waals surface area contributed by atoms with Crippen molar-refractivity contribution >= 4 is 35.6 Å². The summed E-state index contributed by atoms with van der Waals surface area (Å²) in [5, 5.41) is 3.53. The number of anilines is 1. The number of hydrogen-bond acceptors (Lipinski definition) is 3. The molecule has 0 saturated carbocycles. The van der Waals surface area contributed by atoms with Gasteiger partial charge in [0.25, 0.3) is 0 Å². The number of ether oxygens (including phenoxy) is 1. The van der Waals surface area contributed by atoms with Gasteiger partial charge in [-0.2, -0.15) is 0 Å². The first kappa shape index (κ1) is 23.3. The molecule has 2 heterocycles. The summed E-state index contributed by atoms with van der Waals surface area (Å²) in [5.74, 6) is 2.49. The molecule has 1 aromatic carbocycles. The molecule has 1 aromatic rings. The Kier molecular flexibility index (Phi) is 9.85. The summed E-state index contributed by atoms with van der Waals surface area (Å²) in [7, 11) is 1.87. The molecule has 1 atom stereocenters. The van der Waals surface area contributed by atoms with Gasteiger partial charge in [0, 0.05) is 58.0 Å². The molecule has 0 spiro atoms. The Morgan fingerprint density at radius 1 is 1.14 bits per heavy atom. The lowest BCUT2D eigenvalue weighted by atomic mass is 9.99. The van der Waals surface area contributed by atoms with Gasteiger partial charge >= 0.3 is 0 Å². The Balaban J connectivity index is 0.00000280. The molecule has 2 saturated heterocycles. The number of hydrogen-bond donors (Lipinski definition) is 1. The maximum atomic E-state index is 5.58. The summed E-state index contributed by atoms with van der Waals surface area (Å²) >= 11 is 0. The van der Waals surface area contributed by atoms with E-state index >= 15 is 0 Å². The number of aliphatic imine (C=N–C) groups is 1. The highest BCUT2D eigenvalue weighted by molar-refractivity contribution is 14.0. The van der Waals surface area contributed by atoms with Crippen LogP contribution in [0.2, 0.25) is 0 Å². The van der Waals surface area contributed by atoms with Gasteiger partial charge in [-0.15, -0.1) is 24.0 Å². The molecule has 2 aliphatic heterocycles. The Morgan fingerprint density at radius 2 is 1.86 bits per heavy atom. The van der Waals surface area contributed by atoms with E-state index in [0.717, 1.165) is 44.7 Å². The second-order valence-electron chi connectivity index (χ2n) is 8.00. The van der Waals surface area contributed by atoms with Crippen LogP contribution in [0, 0.1) is 11.8 Å². The Hall–Kier alpha value is -1.02. The molecular weight excluding hydrogens is 463 g/mol. The smallest absolute Gasteiger partial charge is 0.193 e. The third-order valence-corrected chi connectivity index (χ3v) is 5.89. The summed E-state index contributed by atoms with van der Waals surface area (Å²) in [6.07, 6.45) is 3.80. The maximum absolute atomic E-state index is 5.58. The molecule has 0 radical (unpaired) electrons. The van der Waals surface area contributed by atoms with Crippen molar-refractivity contribution in [1.82, 2.24) is 10.2 Å². The Bertz CT molecular complexity index is 599. The van der Waals surface area contributed by atoms with Crippen LogP contribution >= 0.6 is 24.0 Å². The molecular formula is C22H37IN4O. The minimum atomic E-state index is 0. The summed E-state index contributed by atoms with van der Waals surface area (Å²) in [5.41, 5.74) is 2.66. The van der Waals surface area contributed by atoms with Crippen molar-refractivity contribution in [3.8, 4) is 0 Å². The van der Waals surface area contributed by atoms with Crippen molar-refractivity contribution in [1.29, 1.82) is 0 Å². The Morgan fingerprint density at radius 3 is 2.50 bits per heavy atom. The van der Waals surface area contributed by atoms with Crippen LogP contribution in [0.15, 0.2) is 29.3 Å². The van der Waals surface area contributed by atoms with Crippen molar-refractivity contribution in [3.05, 3.63) is 29.8 Å². The van der Waals surface area contributed by atoms with E-state index in [9.17, 15) is 0 Å². The SMILES string of the molecule is CCOCC1CCN(C(=NC)NCc2ccc(N3CCC(C)CC3)cc2)C1.I. The number of nitrogens with one attached hydrogen (secondary N) is 1. The molecule has 2 aliphatic rings. The van der Waals surface area contributed by atoms with E-state index in [2.05, 4.69) is 58.2 Å². The van der Waals surface area contributed by atoms with Crippen molar-refractivity contribution in [2.75, 3.05) is 51.3 Å². The highest BCUT2D eigenvalue weighted by Crippen LogP contribution is 2.23. The van der Waals surface area contributed by atoms with Crippen LogP contribution in [0.3, 0.4) is 0 Å². The van der Waals surface area contributed by atoms with Crippen LogP contribution in [0.4, 0.5) is 5.69 Å². The predicted molar refractivity (Wildman–Crippen MR) is 129 cm³/mol. The van der Waals surface area contributed by atoms with Crippen molar-refractivity contribution < 1.29 is 4.74 Å². The van der Waals surface area contributed by atoms with Gasteiger partial charge < -0.3 is 19.9 Å². The first-order valence-corrected chi connectivity index (χ1v) is 10.6. The summed E-state index contributed by atoms with van der Waals surface area (Å²) in [4.78, 5) is 9.35. The molecule has 0 amide bonds. The van der Waals surface area contributed by atoms with Gasteiger partial charge in [-0.05, 0) is 49.8 Å². The minimum absolute atomic E-state index is 0. The zero-order valence-corrected chi connectivity index (χ0v) is 20.0. The third kappa shape index (κ3) is 6.51. The predicted octanol–water partition coefficient (Wildman–Crippen LogP) is 3.97. The first-order chi connectivity index (χ1) is 13.2. The number of halogens is 1. The highest BCUT2D eigenvalue weighted by atomic mass is 127. The van der Waals surface area contributed by atoms with Gasteiger partial charge in [0.15, 0.2) is 5.96 Å². The van der Waals surface area contributed by atoms with E-state index in [0.29, 0.717) is 5.92 Å². The van der Waals surface area contributed by atoms with Gasteiger partial charge in [-0.1, -0.05) is 19.1 Å². The van der Waals surface area contributed by atoms with Crippen molar-refractivity contribution in [3.63, 3.8) is 0 Å². The lowest BCUT2D eigenvalue weighted by Crippen LogP contribution is -2.39. The van der Waals surface area contributed by atoms with Crippen molar-refractivity contribution in [2.45, 2.75) is 39.7 Å². The van der Waals surface area contributed by atoms with Crippen molar-refractivity contribution in [2.24, 2.45) is 16.8 Å². The summed E-state index contributed by atoms with van der Waals surface area (Å²) in [6.45, 7) is 11.4. The van der Waals surface area contributed by atoms with Gasteiger partial charge in [-0.25, -0.2) is 0 Å². The second kappa shape index (κ2) is 11.9. The van der Waals surface area contributed by atoms with Crippen LogP contribution in [0.1, 0.15) is 38.7 Å². The van der Waals surface area contributed by atoms with Crippen LogP contribution in [-0.4, -0.2) is 57.3 Å². The lowest BCUT2D eigenvalue weighted by molar-refractivity contribution is 0.114.